The summed E-state index contributed by atoms with van der Waals surface area (Å²) in [4.78, 5) is 12.7. The molecule has 2 unspecified atom stereocenters. The Morgan fingerprint density at radius 2 is 1.17 bits per heavy atom. The topological polar surface area (TPSA) is 35.5 Å². The highest BCUT2D eigenvalue weighted by Gasteiger charge is 2.39. The Bertz CT molecular complexity index is 251. The van der Waals surface area contributed by atoms with E-state index in [-0.39, 0.29) is 24.0 Å². The molecule has 104 valence electrons. The van der Waals surface area contributed by atoms with E-state index in [0.717, 1.165) is 25.7 Å². The molecule has 0 heterocycles. The number of hydrogen-bond donors (Lipinski definition) is 0. The molecule has 0 saturated heterocycles. The SMILES string of the molecule is CO[C@H]1CCCCC1C(=O)C1CCCC[C@@H]1OC. The minimum atomic E-state index is 0.115. The highest BCUT2D eigenvalue weighted by molar-refractivity contribution is 5.84. The van der Waals surface area contributed by atoms with Crippen LogP contribution in [0.15, 0.2) is 0 Å². The van der Waals surface area contributed by atoms with Gasteiger partial charge in [0.15, 0.2) is 0 Å². The molecule has 0 spiro atoms. The minimum absolute atomic E-state index is 0.115. The molecule has 3 heteroatoms. The largest absolute Gasteiger partial charge is 0.381 e. The standard InChI is InChI=1S/C15H26O3/c1-17-13-9-5-3-7-11(13)15(16)12-8-4-6-10-14(12)18-2/h11-14H,3-10H2,1-2H3/t11?,12?,13-,14-/m0/s1. The zero-order valence-electron chi connectivity index (χ0n) is 11.7. The molecule has 0 aromatic heterocycles. The first-order valence-corrected chi connectivity index (χ1v) is 7.37. The zero-order valence-corrected chi connectivity index (χ0v) is 11.7. The summed E-state index contributed by atoms with van der Waals surface area (Å²) in [6.45, 7) is 0. The highest BCUT2D eigenvalue weighted by atomic mass is 16.5. The maximum atomic E-state index is 12.7. The van der Waals surface area contributed by atoms with E-state index in [9.17, 15) is 4.79 Å². The zero-order chi connectivity index (χ0) is 13.0. The molecule has 2 aliphatic carbocycles. The Morgan fingerprint density at radius 3 is 1.56 bits per heavy atom. The highest BCUT2D eigenvalue weighted by Crippen LogP contribution is 2.35. The average molecular weight is 254 g/mol. The van der Waals surface area contributed by atoms with Crippen LogP contribution in [0, 0.1) is 11.8 Å². The first-order valence-electron chi connectivity index (χ1n) is 7.37. The average Bonchev–Trinajstić information content (AvgIpc) is 2.46. The summed E-state index contributed by atoms with van der Waals surface area (Å²) in [7, 11) is 3.48. The van der Waals surface area contributed by atoms with Crippen molar-refractivity contribution in [2.75, 3.05) is 14.2 Å². The third-order valence-corrected chi connectivity index (χ3v) is 4.74. The van der Waals surface area contributed by atoms with Crippen molar-refractivity contribution in [1.29, 1.82) is 0 Å². The molecule has 4 atom stereocenters. The van der Waals surface area contributed by atoms with Gasteiger partial charge >= 0.3 is 0 Å². The van der Waals surface area contributed by atoms with Crippen molar-refractivity contribution >= 4 is 5.78 Å². The van der Waals surface area contributed by atoms with Crippen LogP contribution in [0.4, 0.5) is 0 Å². The Hall–Kier alpha value is -0.410. The van der Waals surface area contributed by atoms with Gasteiger partial charge in [0.1, 0.15) is 5.78 Å². The number of methoxy groups -OCH3 is 2. The van der Waals surface area contributed by atoms with E-state index in [2.05, 4.69) is 0 Å². The van der Waals surface area contributed by atoms with E-state index in [4.69, 9.17) is 9.47 Å². The Balaban J connectivity index is 2.03. The van der Waals surface area contributed by atoms with Crippen LogP contribution in [0.2, 0.25) is 0 Å². The van der Waals surface area contributed by atoms with E-state index >= 15 is 0 Å². The van der Waals surface area contributed by atoms with Crippen LogP contribution in [0.3, 0.4) is 0 Å². The van der Waals surface area contributed by atoms with Gasteiger partial charge in [-0.1, -0.05) is 25.7 Å². The van der Waals surface area contributed by atoms with Crippen molar-refractivity contribution < 1.29 is 14.3 Å². The van der Waals surface area contributed by atoms with E-state index in [0.29, 0.717) is 5.78 Å². The van der Waals surface area contributed by atoms with Gasteiger partial charge in [0, 0.05) is 26.1 Å². The van der Waals surface area contributed by atoms with Crippen LogP contribution in [-0.4, -0.2) is 32.2 Å². The van der Waals surface area contributed by atoms with Crippen LogP contribution >= 0.6 is 0 Å². The third kappa shape index (κ3) is 2.94. The molecule has 0 aromatic rings. The summed E-state index contributed by atoms with van der Waals surface area (Å²) in [5, 5.41) is 0. The minimum Gasteiger partial charge on any atom is -0.381 e. The lowest BCUT2D eigenvalue weighted by Crippen LogP contribution is -2.42. The maximum absolute atomic E-state index is 12.7. The lowest BCUT2D eigenvalue weighted by molar-refractivity contribution is -0.139. The second kappa shape index (κ2) is 6.67. The summed E-state index contributed by atoms with van der Waals surface area (Å²) >= 11 is 0. The second-order valence-corrected chi connectivity index (χ2v) is 5.73. The summed E-state index contributed by atoms with van der Waals surface area (Å²) in [6, 6.07) is 0. The van der Waals surface area contributed by atoms with Crippen molar-refractivity contribution in [2.45, 2.75) is 63.6 Å². The van der Waals surface area contributed by atoms with Gasteiger partial charge in [-0.2, -0.15) is 0 Å². The number of ketones is 1. The normalized spacial score (nSPS) is 37.4. The number of carbonyl (C=O) groups is 1. The van der Waals surface area contributed by atoms with Gasteiger partial charge in [-0.25, -0.2) is 0 Å². The second-order valence-electron chi connectivity index (χ2n) is 5.73. The molecule has 0 aliphatic heterocycles. The van der Waals surface area contributed by atoms with E-state index in [1.54, 1.807) is 14.2 Å². The molecule has 2 saturated carbocycles. The number of carbonyl (C=O) groups excluding carboxylic acids is 1. The predicted molar refractivity (Wildman–Crippen MR) is 70.5 cm³/mol. The molecule has 0 radical (unpaired) electrons. The van der Waals surface area contributed by atoms with Crippen LogP contribution in [0.25, 0.3) is 0 Å². The van der Waals surface area contributed by atoms with Gasteiger partial charge in [0.25, 0.3) is 0 Å². The number of hydrogen-bond acceptors (Lipinski definition) is 3. The fourth-order valence-corrected chi connectivity index (χ4v) is 3.68. The third-order valence-electron chi connectivity index (χ3n) is 4.74. The number of Topliss-reactive ketones (excluding diaryl/α,β-unsaturated/α-hetero) is 1. The van der Waals surface area contributed by atoms with Crippen LogP contribution < -0.4 is 0 Å². The monoisotopic (exact) mass is 254 g/mol. The van der Waals surface area contributed by atoms with Crippen molar-refractivity contribution in [3.8, 4) is 0 Å². The molecule has 0 amide bonds. The molecule has 0 aromatic carbocycles. The van der Waals surface area contributed by atoms with E-state index in [1.165, 1.54) is 25.7 Å². The summed E-state index contributed by atoms with van der Waals surface area (Å²) in [5.41, 5.74) is 0. The summed E-state index contributed by atoms with van der Waals surface area (Å²) in [6.07, 6.45) is 9.10. The lowest BCUT2D eigenvalue weighted by atomic mass is 9.74. The van der Waals surface area contributed by atoms with Crippen LogP contribution in [0.1, 0.15) is 51.4 Å². The van der Waals surface area contributed by atoms with Gasteiger partial charge in [-0.3, -0.25) is 4.79 Å². The van der Waals surface area contributed by atoms with Crippen molar-refractivity contribution in [2.24, 2.45) is 11.8 Å². The molecule has 0 bridgehead atoms. The molecule has 2 fully saturated rings. The molecule has 0 N–H and O–H groups in total. The van der Waals surface area contributed by atoms with Gasteiger partial charge in [-0.05, 0) is 25.7 Å². The lowest BCUT2D eigenvalue weighted by Gasteiger charge is -2.36. The van der Waals surface area contributed by atoms with Crippen molar-refractivity contribution in [3.63, 3.8) is 0 Å². The Kier molecular flexibility index (Phi) is 5.19. The van der Waals surface area contributed by atoms with Gasteiger partial charge in [-0.15, -0.1) is 0 Å². The molecule has 2 aliphatic rings. The van der Waals surface area contributed by atoms with Gasteiger partial charge < -0.3 is 9.47 Å². The van der Waals surface area contributed by atoms with Crippen LogP contribution in [0.5, 0.6) is 0 Å². The molecule has 3 nitrogen and oxygen atoms in total. The first-order chi connectivity index (χ1) is 8.77. The number of ether oxygens (including phenoxy) is 2. The smallest absolute Gasteiger partial charge is 0.144 e. The fraction of sp³-hybridized carbons (Fsp3) is 0.933. The van der Waals surface area contributed by atoms with E-state index < -0.39 is 0 Å². The molecule has 2 rings (SSSR count). The molecular weight excluding hydrogens is 228 g/mol. The van der Waals surface area contributed by atoms with Crippen molar-refractivity contribution in [3.05, 3.63) is 0 Å². The fourth-order valence-electron chi connectivity index (χ4n) is 3.68. The van der Waals surface area contributed by atoms with Gasteiger partial charge in [0.2, 0.25) is 0 Å². The van der Waals surface area contributed by atoms with Crippen LogP contribution in [-0.2, 0) is 14.3 Å². The molecule has 18 heavy (non-hydrogen) atoms. The predicted octanol–water partition coefficient (Wildman–Crippen LogP) is 2.97. The van der Waals surface area contributed by atoms with Crippen molar-refractivity contribution in [1.82, 2.24) is 0 Å². The first kappa shape index (κ1) is 14.0. The Morgan fingerprint density at radius 1 is 0.778 bits per heavy atom. The quantitative estimate of drug-likeness (QED) is 0.773. The maximum Gasteiger partial charge on any atom is 0.144 e. The summed E-state index contributed by atoms with van der Waals surface area (Å²) in [5.74, 6) is 0.641. The van der Waals surface area contributed by atoms with Gasteiger partial charge in [0.05, 0.1) is 12.2 Å². The molecular formula is C15H26O3. The number of rotatable bonds is 4. The van der Waals surface area contributed by atoms with E-state index in [1.807, 2.05) is 0 Å². The summed E-state index contributed by atoms with van der Waals surface area (Å²) < 4.78 is 11.0. The Labute approximate surface area is 110 Å².